The molecule has 0 bridgehead atoms. The van der Waals surface area contributed by atoms with E-state index in [4.69, 9.17) is 0 Å². The molecule has 4 heteroatoms. The number of carbonyl (C=O) groups excluding carboxylic acids is 2. The molecule has 0 fully saturated rings. The van der Waals surface area contributed by atoms with Crippen LogP contribution >= 0.6 is 0 Å². The molecule has 0 unspecified atom stereocenters. The van der Waals surface area contributed by atoms with E-state index in [2.05, 4.69) is 0 Å². The number of hydrogen-bond donors (Lipinski definition) is 0. The molecule has 0 aliphatic rings. The van der Waals surface area contributed by atoms with Crippen molar-refractivity contribution in [2.75, 3.05) is 21.1 Å². The Labute approximate surface area is 73.4 Å². The minimum Gasteiger partial charge on any atom is -1.00 e. The SMILES string of the molecule is CC(=O)CC(=O)[N+](C)(C)C.[Cl-]. The van der Waals surface area contributed by atoms with Gasteiger partial charge in [0, 0.05) is 0 Å². The van der Waals surface area contributed by atoms with Gasteiger partial charge < -0.3 is 12.4 Å². The first kappa shape index (κ1) is 13.2. The van der Waals surface area contributed by atoms with Crippen LogP contribution in [0, 0.1) is 0 Å². The molecule has 0 aromatic rings. The molecule has 0 spiro atoms. The summed E-state index contributed by atoms with van der Waals surface area (Å²) < 4.78 is 0.222. The van der Waals surface area contributed by atoms with Gasteiger partial charge in [-0.05, 0) is 6.92 Å². The zero-order valence-corrected chi connectivity index (χ0v) is 8.10. The van der Waals surface area contributed by atoms with Gasteiger partial charge in [-0.3, -0.25) is 9.28 Å². The number of halogens is 1. The lowest BCUT2D eigenvalue weighted by Gasteiger charge is -2.19. The Morgan fingerprint density at radius 3 is 1.64 bits per heavy atom. The third-order valence-corrected chi connectivity index (χ3v) is 1.15. The molecule has 0 heterocycles. The topological polar surface area (TPSA) is 34.1 Å². The molecular formula is C7H14ClNO2. The number of nitrogens with zero attached hydrogens (tertiary/aromatic N) is 1. The van der Waals surface area contributed by atoms with Gasteiger partial charge in [-0.15, -0.1) is 0 Å². The third kappa shape index (κ3) is 6.01. The largest absolute Gasteiger partial charge is 1.00 e. The van der Waals surface area contributed by atoms with Gasteiger partial charge in [0.25, 0.3) is 0 Å². The van der Waals surface area contributed by atoms with Gasteiger partial charge >= 0.3 is 5.91 Å². The smallest absolute Gasteiger partial charge is 0.320 e. The molecule has 0 aliphatic carbocycles. The van der Waals surface area contributed by atoms with Crippen molar-refractivity contribution in [3.05, 3.63) is 0 Å². The van der Waals surface area contributed by atoms with Gasteiger partial charge in [-0.1, -0.05) is 0 Å². The first-order chi connectivity index (χ1) is 4.34. The molecular weight excluding hydrogens is 166 g/mol. The normalized spacial score (nSPS) is 10.2. The quantitative estimate of drug-likeness (QED) is 0.339. The number of hydrogen-bond acceptors (Lipinski definition) is 2. The number of ketones is 1. The van der Waals surface area contributed by atoms with E-state index in [1.807, 2.05) is 0 Å². The van der Waals surface area contributed by atoms with Crippen molar-refractivity contribution in [2.45, 2.75) is 13.3 Å². The highest BCUT2D eigenvalue weighted by molar-refractivity contribution is 5.93. The summed E-state index contributed by atoms with van der Waals surface area (Å²) in [5, 5.41) is 0. The number of quaternary nitrogens is 1. The Morgan fingerprint density at radius 2 is 1.55 bits per heavy atom. The minimum atomic E-state index is -0.0712. The molecule has 0 radical (unpaired) electrons. The maximum Gasteiger partial charge on any atom is 0.320 e. The Morgan fingerprint density at radius 1 is 1.18 bits per heavy atom. The Hall–Kier alpha value is -0.410. The van der Waals surface area contributed by atoms with Crippen LogP contribution in [0.2, 0.25) is 0 Å². The van der Waals surface area contributed by atoms with Crippen LogP contribution in [0.25, 0.3) is 0 Å². The average molecular weight is 180 g/mol. The van der Waals surface area contributed by atoms with E-state index in [9.17, 15) is 9.59 Å². The maximum atomic E-state index is 11.0. The van der Waals surface area contributed by atoms with Crippen LogP contribution < -0.4 is 12.4 Å². The van der Waals surface area contributed by atoms with E-state index in [0.717, 1.165) is 0 Å². The summed E-state index contributed by atoms with van der Waals surface area (Å²) >= 11 is 0. The van der Waals surface area contributed by atoms with Crippen LogP contribution in [-0.4, -0.2) is 37.3 Å². The van der Waals surface area contributed by atoms with Gasteiger partial charge in [0.1, 0.15) is 12.2 Å². The van der Waals surface area contributed by atoms with Crippen LogP contribution in [0.3, 0.4) is 0 Å². The van der Waals surface area contributed by atoms with Crippen molar-refractivity contribution in [2.24, 2.45) is 0 Å². The van der Waals surface area contributed by atoms with Crippen LogP contribution in [0.1, 0.15) is 13.3 Å². The van der Waals surface area contributed by atoms with Gasteiger partial charge in [0.15, 0.2) is 0 Å². The predicted octanol–water partition coefficient (Wildman–Crippen LogP) is -2.80. The second-order valence-corrected chi connectivity index (χ2v) is 3.28. The molecule has 0 saturated heterocycles. The van der Waals surface area contributed by atoms with Crippen molar-refractivity contribution in [3.63, 3.8) is 0 Å². The second-order valence-electron chi connectivity index (χ2n) is 3.28. The summed E-state index contributed by atoms with van der Waals surface area (Å²) in [5.74, 6) is -0.120. The lowest BCUT2D eigenvalue weighted by molar-refractivity contribution is -0.792. The first-order valence-corrected chi connectivity index (χ1v) is 3.18. The van der Waals surface area contributed by atoms with E-state index in [-0.39, 0.29) is 35.0 Å². The molecule has 11 heavy (non-hydrogen) atoms. The maximum absolute atomic E-state index is 11.0. The molecule has 0 aromatic carbocycles. The Kier molecular flexibility index (Phi) is 5.36. The van der Waals surface area contributed by atoms with E-state index in [1.54, 1.807) is 21.1 Å². The summed E-state index contributed by atoms with van der Waals surface area (Å²) in [6.07, 6.45) is 0.0451. The monoisotopic (exact) mass is 179 g/mol. The van der Waals surface area contributed by atoms with E-state index in [1.165, 1.54) is 6.92 Å². The van der Waals surface area contributed by atoms with E-state index in [0.29, 0.717) is 0 Å². The molecule has 0 aliphatic heterocycles. The summed E-state index contributed by atoms with van der Waals surface area (Å²) in [4.78, 5) is 21.5. The fourth-order valence-electron chi connectivity index (χ4n) is 0.450. The second kappa shape index (κ2) is 4.46. The predicted molar refractivity (Wildman–Crippen MR) is 38.3 cm³/mol. The summed E-state index contributed by atoms with van der Waals surface area (Å²) in [6.45, 7) is 1.42. The highest BCUT2D eigenvalue weighted by Gasteiger charge is 2.21. The highest BCUT2D eigenvalue weighted by Crippen LogP contribution is 1.96. The van der Waals surface area contributed by atoms with Crippen LogP contribution in [0.15, 0.2) is 0 Å². The van der Waals surface area contributed by atoms with Crippen molar-refractivity contribution in [1.82, 2.24) is 0 Å². The summed E-state index contributed by atoms with van der Waals surface area (Å²) in [6, 6.07) is 0. The fourth-order valence-corrected chi connectivity index (χ4v) is 0.450. The van der Waals surface area contributed by atoms with Crippen molar-refractivity contribution in [3.8, 4) is 0 Å². The molecule has 0 rings (SSSR count). The van der Waals surface area contributed by atoms with E-state index < -0.39 is 0 Å². The van der Waals surface area contributed by atoms with Gasteiger partial charge in [0.05, 0.1) is 21.1 Å². The zero-order chi connectivity index (χ0) is 8.36. The first-order valence-electron chi connectivity index (χ1n) is 3.18. The van der Waals surface area contributed by atoms with Crippen LogP contribution in [0.5, 0.6) is 0 Å². The molecule has 0 atom stereocenters. The van der Waals surface area contributed by atoms with Gasteiger partial charge in [0.2, 0.25) is 0 Å². The fraction of sp³-hybridized carbons (Fsp3) is 0.714. The van der Waals surface area contributed by atoms with Gasteiger partial charge in [-0.25, -0.2) is 4.79 Å². The molecule has 1 amide bonds. The van der Waals surface area contributed by atoms with Crippen molar-refractivity contribution < 1.29 is 26.5 Å². The number of Topliss-reactive ketones (excluding diaryl/α,β-unsaturated/α-hetero) is 1. The standard InChI is InChI=1S/C7H14NO2.ClH/c1-6(9)5-7(10)8(2,3)4;/h5H2,1-4H3;1H/q+1;/p-1. The molecule has 0 saturated carbocycles. The average Bonchev–Trinajstić information content (AvgIpc) is 1.60. The summed E-state index contributed by atoms with van der Waals surface area (Å²) in [5.41, 5.74) is 0. The third-order valence-electron chi connectivity index (χ3n) is 1.15. The lowest BCUT2D eigenvalue weighted by Crippen LogP contribution is -3.00. The van der Waals surface area contributed by atoms with Crippen molar-refractivity contribution in [1.29, 1.82) is 0 Å². The zero-order valence-electron chi connectivity index (χ0n) is 7.35. The van der Waals surface area contributed by atoms with E-state index >= 15 is 0 Å². The number of carbonyl (C=O) groups is 2. The van der Waals surface area contributed by atoms with Gasteiger partial charge in [-0.2, -0.15) is 0 Å². The van der Waals surface area contributed by atoms with Crippen molar-refractivity contribution >= 4 is 11.7 Å². The molecule has 0 N–H and O–H groups in total. The highest BCUT2D eigenvalue weighted by atomic mass is 35.5. The molecule has 66 valence electrons. The molecule has 3 nitrogen and oxygen atoms in total. The lowest BCUT2D eigenvalue weighted by atomic mass is 10.3. The summed E-state index contributed by atoms with van der Waals surface area (Å²) in [7, 11) is 5.27. The number of rotatable bonds is 2. The Bertz CT molecular complexity index is 160. The van der Waals surface area contributed by atoms with Crippen LogP contribution in [0.4, 0.5) is 0 Å². The Balaban J connectivity index is 0. The molecule has 0 aromatic heterocycles. The number of amides is 1. The van der Waals surface area contributed by atoms with Crippen LogP contribution in [-0.2, 0) is 9.59 Å². The minimum absolute atomic E-state index is 0.